The number of hydrogen-bond donors (Lipinski definition) is 2. The highest BCUT2D eigenvalue weighted by Crippen LogP contribution is 2.37. The fraction of sp³-hybridized carbons (Fsp3) is 0.280. The molecular weight excluding hydrogens is 476 g/mol. The molecule has 34 heavy (non-hydrogen) atoms. The number of hydrogen-bond acceptors (Lipinski definition) is 3. The Hall–Kier alpha value is -2.81. The maximum atomic E-state index is 13.2. The number of phenols is 1. The molecule has 2 N–H and O–H groups in total. The number of phenolic OH excluding ortho intramolecular Hbond substituents is 1. The van der Waals surface area contributed by atoms with Gasteiger partial charge in [-0.1, -0.05) is 36.9 Å². The third-order valence-electron chi connectivity index (χ3n) is 3.96. The van der Waals surface area contributed by atoms with E-state index in [9.17, 15) is 26.3 Å². The van der Waals surface area contributed by atoms with E-state index in [2.05, 4.69) is 11.3 Å². The summed E-state index contributed by atoms with van der Waals surface area (Å²) in [5.74, 6) is -6.32. The quantitative estimate of drug-likeness (QED) is 0.225. The predicted octanol–water partition coefficient (Wildman–Crippen LogP) is 8.72. The van der Waals surface area contributed by atoms with Crippen LogP contribution < -0.4 is 4.72 Å². The van der Waals surface area contributed by atoms with Gasteiger partial charge >= 0.3 is 12.3 Å². The summed E-state index contributed by atoms with van der Waals surface area (Å²) in [4.78, 5) is 0. The van der Waals surface area contributed by atoms with Crippen molar-refractivity contribution in [2.45, 2.75) is 44.8 Å². The fourth-order valence-electron chi connectivity index (χ4n) is 2.42. The zero-order valence-electron chi connectivity index (χ0n) is 19.2. The average molecular weight is 504 g/mol. The van der Waals surface area contributed by atoms with Gasteiger partial charge in [0.25, 0.3) is 0 Å². The lowest BCUT2D eigenvalue weighted by atomic mass is 10.0. The molecule has 186 valence electrons. The van der Waals surface area contributed by atoms with Gasteiger partial charge in [0, 0.05) is 16.0 Å². The van der Waals surface area contributed by atoms with Crippen LogP contribution in [0.5, 0.6) is 5.75 Å². The fourth-order valence-corrected chi connectivity index (χ4v) is 2.96. The molecule has 0 atom stereocenters. The molecule has 0 amide bonds. The Kier molecular flexibility index (Phi) is 10.8. The van der Waals surface area contributed by atoms with Gasteiger partial charge in [-0.3, -0.25) is 0 Å². The molecule has 0 spiro atoms. The van der Waals surface area contributed by atoms with Crippen LogP contribution in [0.4, 0.5) is 32.0 Å². The van der Waals surface area contributed by atoms with Gasteiger partial charge in [0.15, 0.2) is 11.6 Å². The Bertz CT molecular complexity index is 1030. The second-order valence-corrected chi connectivity index (χ2v) is 9.63. The number of aromatic hydroxyl groups is 1. The second kappa shape index (κ2) is 12.6. The molecule has 0 unspecified atom stereocenters. The number of allylic oxidation sites excluding steroid dienone is 5. The first-order valence-electron chi connectivity index (χ1n) is 10.1. The molecule has 0 saturated carbocycles. The molecule has 0 bridgehead atoms. The van der Waals surface area contributed by atoms with Crippen molar-refractivity contribution in [2.75, 3.05) is 4.72 Å². The normalized spacial score (nSPS) is 12.5. The van der Waals surface area contributed by atoms with Gasteiger partial charge in [-0.25, -0.2) is 17.6 Å². The van der Waals surface area contributed by atoms with E-state index < -0.39 is 29.5 Å². The van der Waals surface area contributed by atoms with Crippen molar-refractivity contribution in [1.29, 1.82) is 0 Å². The summed E-state index contributed by atoms with van der Waals surface area (Å²) in [6, 6.07) is 6.51. The van der Waals surface area contributed by atoms with E-state index in [0.717, 1.165) is 17.7 Å². The molecule has 9 heteroatoms. The van der Waals surface area contributed by atoms with Gasteiger partial charge in [-0.05, 0) is 81.1 Å². The highest BCUT2D eigenvalue weighted by molar-refractivity contribution is 8.01. The minimum Gasteiger partial charge on any atom is -0.505 e. The van der Waals surface area contributed by atoms with E-state index in [-0.39, 0.29) is 16.2 Å². The summed E-state index contributed by atoms with van der Waals surface area (Å²) in [6.45, 7) is 11.1. The molecule has 0 saturated heterocycles. The molecule has 0 aliphatic carbocycles. The van der Waals surface area contributed by atoms with Crippen molar-refractivity contribution in [3.63, 3.8) is 0 Å². The largest absolute Gasteiger partial charge is 0.505 e. The van der Waals surface area contributed by atoms with Gasteiger partial charge in [0.2, 0.25) is 0 Å². The minimum absolute atomic E-state index is 0.0234. The molecule has 2 aromatic rings. The molecule has 0 aliphatic rings. The summed E-state index contributed by atoms with van der Waals surface area (Å²) in [5.41, 5.74) is 0.546. The van der Waals surface area contributed by atoms with Crippen LogP contribution in [0.3, 0.4) is 0 Å². The van der Waals surface area contributed by atoms with Crippen molar-refractivity contribution in [2.24, 2.45) is 0 Å². The van der Waals surface area contributed by atoms with Gasteiger partial charge in [0.05, 0.1) is 0 Å². The van der Waals surface area contributed by atoms with Gasteiger partial charge in [0.1, 0.15) is 5.82 Å². The van der Waals surface area contributed by atoms with E-state index >= 15 is 0 Å². The highest BCUT2D eigenvalue weighted by Gasteiger charge is 2.43. The topological polar surface area (TPSA) is 32.3 Å². The summed E-state index contributed by atoms with van der Waals surface area (Å²) in [5, 5.41) is 9.05. The summed E-state index contributed by atoms with van der Waals surface area (Å²) >= 11 is 1.17. The van der Waals surface area contributed by atoms with Crippen molar-refractivity contribution in [3.8, 4) is 5.75 Å². The molecule has 2 rings (SSSR count). The molecule has 0 fully saturated rings. The maximum absolute atomic E-state index is 13.2. The number of rotatable bonds is 7. The molecule has 2 nitrogen and oxygen atoms in total. The van der Waals surface area contributed by atoms with Crippen molar-refractivity contribution in [1.82, 2.24) is 0 Å². The number of anilines is 1. The molecule has 0 heterocycles. The first kappa shape index (κ1) is 29.2. The number of halogens is 6. The van der Waals surface area contributed by atoms with Crippen LogP contribution in [0.25, 0.3) is 5.57 Å². The molecule has 0 radical (unpaired) electrons. The van der Waals surface area contributed by atoms with E-state index in [4.69, 9.17) is 5.11 Å². The number of alkyl halides is 4. The monoisotopic (exact) mass is 503 g/mol. The van der Waals surface area contributed by atoms with E-state index in [1.165, 1.54) is 24.1 Å². The van der Waals surface area contributed by atoms with Crippen LogP contribution in [0.1, 0.15) is 38.8 Å². The summed E-state index contributed by atoms with van der Waals surface area (Å²) in [7, 11) is 0. The number of nitrogens with one attached hydrogen (secondary N) is 1. The first-order chi connectivity index (χ1) is 15.7. The third-order valence-corrected chi connectivity index (χ3v) is 4.91. The predicted molar refractivity (Wildman–Crippen MR) is 128 cm³/mol. The van der Waals surface area contributed by atoms with Crippen LogP contribution in [-0.2, 0) is 5.92 Å². The van der Waals surface area contributed by atoms with Crippen molar-refractivity contribution in [3.05, 3.63) is 90.0 Å². The first-order valence-corrected chi connectivity index (χ1v) is 10.9. The standard InChI is InChI=1S/C13H13FO.C12H14F5NS/c1-3-5-10(6-4-2)11-7-8-13(15)12(14)9-11;1-11(2,3)19-18-9-5-7(4-8(13)6-9)12(16,17)10(14)15/h3-9,15H,1H2,2H3;4-6,10,18H,1-3H3/b6-4-,10-5+;. The average Bonchev–Trinajstić information content (AvgIpc) is 2.73. The van der Waals surface area contributed by atoms with Gasteiger partial charge < -0.3 is 9.83 Å². The Morgan fingerprint density at radius 3 is 2.24 bits per heavy atom. The second-order valence-electron chi connectivity index (χ2n) is 7.99. The van der Waals surface area contributed by atoms with Crippen LogP contribution in [0.2, 0.25) is 0 Å². The van der Waals surface area contributed by atoms with Crippen LogP contribution in [-0.4, -0.2) is 16.3 Å². The van der Waals surface area contributed by atoms with Crippen molar-refractivity contribution < 1.29 is 31.4 Å². The lowest BCUT2D eigenvalue weighted by molar-refractivity contribution is -0.135. The SMILES string of the molecule is C=C/C=C(\C=C/C)c1ccc(O)c(F)c1.CC(C)(C)SNc1cc(F)cc(C(F)(F)C(F)F)c1. The Balaban J connectivity index is 0.000000350. The van der Waals surface area contributed by atoms with Crippen LogP contribution >= 0.6 is 11.9 Å². The molecule has 0 aromatic heterocycles. The van der Waals surface area contributed by atoms with E-state index in [0.29, 0.717) is 11.6 Å². The van der Waals surface area contributed by atoms with E-state index in [1.54, 1.807) is 18.2 Å². The van der Waals surface area contributed by atoms with Crippen molar-refractivity contribution >= 4 is 23.2 Å². The van der Waals surface area contributed by atoms with Crippen LogP contribution in [0.15, 0.2) is 67.3 Å². The molecular formula is C25H27F6NOS. The lowest BCUT2D eigenvalue weighted by Gasteiger charge is -2.20. The van der Waals surface area contributed by atoms with E-state index in [1.807, 2.05) is 39.8 Å². The van der Waals surface area contributed by atoms with Gasteiger partial charge in [-0.15, -0.1) is 0 Å². The minimum atomic E-state index is -4.37. The lowest BCUT2D eigenvalue weighted by Crippen LogP contribution is -2.23. The van der Waals surface area contributed by atoms with Crippen LogP contribution in [0, 0.1) is 11.6 Å². The van der Waals surface area contributed by atoms with Gasteiger partial charge in [-0.2, -0.15) is 8.78 Å². The number of benzene rings is 2. The molecule has 0 aliphatic heterocycles. The summed E-state index contributed by atoms with van der Waals surface area (Å²) in [6.07, 6.45) is 3.26. The third kappa shape index (κ3) is 9.21. The smallest absolute Gasteiger partial charge is 0.332 e. The summed E-state index contributed by atoms with van der Waals surface area (Å²) < 4.78 is 79.5. The maximum Gasteiger partial charge on any atom is 0.332 e. The molecule has 2 aromatic carbocycles. The zero-order valence-corrected chi connectivity index (χ0v) is 20.0. The Morgan fingerprint density at radius 1 is 1.09 bits per heavy atom. The highest BCUT2D eigenvalue weighted by atomic mass is 32.2. The Labute approximate surface area is 200 Å². The Morgan fingerprint density at radius 2 is 1.74 bits per heavy atom. The zero-order chi connectivity index (χ0) is 26.1.